The third-order valence-electron chi connectivity index (χ3n) is 2.83. The molecule has 0 unspecified atom stereocenters. The molecule has 110 valence electrons. The number of rotatable bonds is 5. The van der Waals surface area contributed by atoms with E-state index in [0.717, 1.165) is 11.1 Å². The van der Waals surface area contributed by atoms with Gasteiger partial charge in [0.05, 0.1) is 18.3 Å². The highest BCUT2D eigenvalue weighted by molar-refractivity contribution is 5.90. The molecule has 0 atom stereocenters. The second-order valence-electron chi connectivity index (χ2n) is 4.88. The number of benzene rings is 1. The van der Waals surface area contributed by atoms with Gasteiger partial charge in [0.1, 0.15) is 6.54 Å². The molecule has 0 radical (unpaired) electrons. The molecule has 0 saturated carbocycles. The Morgan fingerprint density at radius 2 is 1.90 bits per heavy atom. The van der Waals surface area contributed by atoms with Gasteiger partial charge in [-0.25, -0.2) is 4.68 Å². The van der Waals surface area contributed by atoms with Crippen LogP contribution in [0.5, 0.6) is 0 Å². The van der Waals surface area contributed by atoms with E-state index in [1.807, 2.05) is 32.0 Å². The Morgan fingerprint density at radius 1 is 1.24 bits per heavy atom. The molecule has 0 fully saturated rings. The van der Waals surface area contributed by atoms with Crippen LogP contribution in [-0.2, 0) is 22.6 Å². The smallest absolute Gasteiger partial charge is 0.309 e. The summed E-state index contributed by atoms with van der Waals surface area (Å²) in [5, 5.41) is 18.9. The topological polar surface area (TPSA) is 97.1 Å². The third kappa shape index (κ3) is 4.13. The molecule has 0 aliphatic rings. The summed E-state index contributed by atoms with van der Waals surface area (Å²) in [5.74, 6) is -1.27. The first-order valence-electron chi connectivity index (χ1n) is 6.41. The highest BCUT2D eigenvalue weighted by Gasteiger charge is 2.12. The van der Waals surface area contributed by atoms with Crippen LogP contribution in [0.15, 0.2) is 24.4 Å². The fourth-order valence-corrected chi connectivity index (χ4v) is 2.09. The molecular weight excluding hydrogens is 272 g/mol. The van der Waals surface area contributed by atoms with Crippen LogP contribution in [0.3, 0.4) is 0 Å². The average Bonchev–Trinajstić information content (AvgIpc) is 2.73. The molecule has 7 heteroatoms. The highest BCUT2D eigenvalue weighted by atomic mass is 16.4. The molecule has 1 amide bonds. The number of nitrogens with zero attached hydrogens (tertiary/aromatic N) is 3. The van der Waals surface area contributed by atoms with Crippen molar-refractivity contribution in [3.05, 3.63) is 41.2 Å². The Bertz CT molecular complexity index is 658. The SMILES string of the molecule is Cc1cc(C)cc(NC(=O)Cn2nncc2CC(=O)O)c1. The van der Waals surface area contributed by atoms with Gasteiger partial charge in [0, 0.05) is 5.69 Å². The summed E-state index contributed by atoms with van der Waals surface area (Å²) in [4.78, 5) is 22.7. The minimum Gasteiger partial charge on any atom is -0.481 e. The van der Waals surface area contributed by atoms with Crippen LogP contribution in [0.25, 0.3) is 0 Å². The zero-order chi connectivity index (χ0) is 15.4. The molecule has 1 aromatic heterocycles. The maximum Gasteiger partial charge on any atom is 0.309 e. The Morgan fingerprint density at radius 3 is 2.52 bits per heavy atom. The number of aromatic nitrogens is 3. The molecule has 1 heterocycles. The number of hydrogen-bond acceptors (Lipinski definition) is 4. The van der Waals surface area contributed by atoms with Gasteiger partial charge in [0.25, 0.3) is 0 Å². The Kier molecular flexibility index (Phi) is 4.32. The number of amides is 1. The van der Waals surface area contributed by atoms with E-state index >= 15 is 0 Å². The van der Waals surface area contributed by atoms with Crippen LogP contribution in [0.2, 0.25) is 0 Å². The first-order valence-corrected chi connectivity index (χ1v) is 6.41. The molecule has 0 saturated heterocycles. The summed E-state index contributed by atoms with van der Waals surface area (Å²) in [6.45, 7) is 3.83. The van der Waals surface area contributed by atoms with Gasteiger partial charge in [-0.1, -0.05) is 11.3 Å². The molecule has 0 bridgehead atoms. The molecule has 0 aliphatic heterocycles. The zero-order valence-electron chi connectivity index (χ0n) is 11.8. The fraction of sp³-hybridized carbons (Fsp3) is 0.286. The number of hydrogen-bond donors (Lipinski definition) is 2. The number of carbonyl (C=O) groups is 2. The van der Waals surface area contributed by atoms with Gasteiger partial charge in [-0.3, -0.25) is 9.59 Å². The number of carbonyl (C=O) groups excluding carboxylic acids is 1. The molecule has 2 aromatic rings. The minimum absolute atomic E-state index is 0.0738. The summed E-state index contributed by atoms with van der Waals surface area (Å²) >= 11 is 0. The lowest BCUT2D eigenvalue weighted by Crippen LogP contribution is -2.21. The summed E-state index contributed by atoms with van der Waals surface area (Å²) in [7, 11) is 0. The Hall–Kier alpha value is -2.70. The largest absolute Gasteiger partial charge is 0.481 e. The van der Waals surface area contributed by atoms with Crippen LogP contribution in [0.4, 0.5) is 5.69 Å². The maximum absolute atomic E-state index is 12.0. The van der Waals surface area contributed by atoms with Gasteiger partial charge >= 0.3 is 5.97 Å². The van der Waals surface area contributed by atoms with Gasteiger partial charge in [0.2, 0.25) is 5.91 Å². The molecule has 2 N–H and O–H groups in total. The van der Waals surface area contributed by atoms with Crippen molar-refractivity contribution in [3.8, 4) is 0 Å². The van der Waals surface area contributed by atoms with Crippen molar-refractivity contribution < 1.29 is 14.7 Å². The van der Waals surface area contributed by atoms with Crippen molar-refractivity contribution in [2.75, 3.05) is 5.32 Å². The predicted molar refractivity (Wildman–Crippen MR) is 75.9 cm³/mol. The number of aryl methyl sites for hydroxylation is 2. The monoisotopic (exact) mass is 288 g/mol. The van der Waals surface area contributed by atoms with Gasteiger partial charge < -0.3 is 10.4 Å². The van der Waals surface area contributed by atoms with Crippen molar-refractivity contribution in [1.29, 1.82) is 0 Å². The number of anilines is 1. The second kappa shape index (κ2) is 6.17. The summed E-state index contributed by atoms with van der Waals surface area (Å²) in [5.41, 5.74) is 3.20. The lowest BCUT2D eigenvalue weighted by atomic mass is 10.1. The number of aliphatic carboxylic acids is 1. The lowest BCUT2D eigenvalue weighted by Gasteiger charge is -2.08. The Balaban J connectivity index is 2.05. The van der Waals surface area contributed by atoms with E-state index in [9.17, 15) is 9.59 Å². The molecule has 2 rings (SSSR count). The first-order chi connectivity index (χ1) is 9.94. The van der Waals surface area contributed by atoms with E-state index in [4.69, 9.17) is 5.11 Å². The standard InChI is InChI=1S/C14H16N4O3/c1-9-3-10(2)5-11(4-9)16-13(19)8-18-12(6-14(20)21)7-15-17-18/h3-5,7H,6,8H2,1-2H3,(H,16,19)(H,20,21). The Labute approximate surface area is 121 Å². The van der Waals surface area contributed by atoms with Crippen molar-refractivity contribution in [3.63, 3.8) is 0 Å². The third-order valence-corrected chi connectivity index (χ3v) is 2.83. The van der Waals surface area contributed by atoms with E-state index in [1.165, 1.54) is 10.9 Å². The molecule has 0 aliphatic carbocycles. The molecule has 21 heavy (non-hydrogen) atoms. The van der Waals surface area contributed by atoms with Crippen molar-refractivity contribution >= 4 is 17.6 Å². The molecule has 7 nitrogen and oxygen atoms in total. The van der Waals surface area contributed by atoms with Crippen molar-refractivity contribution in [1.82, 2.24) is 15.0 Å². The van der Waals surface area contributed by atoms with Gasteiger partial charge in [-0.2, -0.15) is 0 Å². The van der Waals surface area contributed by atoms with E-state index in [2.05, 4.69) is 15.6 Å². The van der Waals surface area contributed by atoms with Crippen LogP contribution in [-0.4, -0.2) is 32.0 Å². The van der Waals surface area contributed by atoms with Crippen molar-refractivity contribution in [2.45, 2.75) is 26.8 Å². The van der Waals surface area contributed by atoms with Crippen LogP contribution >= 0.6 is 0 Å². The van der Waals surface area contributed by atoms with Crippen LogP contribution in [0, 0.1) is 13.8 Å². The quantitative estimate of drug-likeness (QED) is 0.860. The maximum atomic E-state index is 12.0. The summed E-state index contributed by atoms with van der Waals surface area (Å²) < 4.78 is 1.28. The molecule has 1 aromatic carbocycles. The molecule has 0 spiro atoms. The first kappa shape index (κ1) is 14.7. The molecular formula is C14H16N4O3. The summed E-state index contributed by atoms with van der Waals surface area (Å²) in [6.07, 6.45) is 1.13. The average molecular weight is 288 g/mol. The fourth-order valence-electron chi connectivity index (χ4n) is 2.09. The van der Waals surface area contributed by atoms with E-state index in [0.29, 0.717) is 11.4 Å². The second-order valence-corrected chi connectivity index (χ2v) is 4.88. The minimum atomic E-state index is -0.992. The van der Waals surface area contributed by atoms with E-state index in [-0.39, 0.29) is 18.9 Å². The van der Waals surface area contributed by atoms with Gasteiger partial charge in [-0.05, 0) is 37.1 Å². The number of carboxylic acids is 1. The number of carboxylic acid groups (broad SMARTS) is 1. The van der Waals surface area contributed by atoms with Crippen molar-refractivity contribution in [2.24, 2.45) is 0 Å². The predicted octanol–water partition coefficient (Wildman–Crippen LogP) is 1.16. The zero-order valence-corrected chi connectivity index (χ0v) is 11.8. The van der Waals surface area contributed by atoms with E-state index in [1.54, 1.807) is 0 Å². The summed E-state index contributed by atoms with van der Waals surface area (Å²) in [6, 6.07) is 5.74. The highest BCUT2D eigenvalue weighted by Crippen LogP contribution is 2.13. The van der Waals surface area contributed by atoms with Gasteiger partial charge in [-0.15, -0.1) is 5.10 Å². The number of nitrogens with one attached hydrogen (secondary N) is 1. The van der Waals surface area contributed by atoms with E-state index < -0.39 is 5.97 Å². The lowest BCUT2D eigenvalue weighted by molar-refractivity contribution is -0.136. The normalized spacial score (nSPS) is 10.4. The van der Waals surface area contributed by atoms with Gasteiger partial charge in [0.15, 0.2) is 0 Å². The van der Waals surface area contributed by atoms with Crippen LogP contribution < -0.4 is 5.32 Å². The van der Waals surface area contributed by atoms with Crippen LogP contribution in [0.1, 0.15) is 16.8 Å².